The maximum absolute atomic E-state index is 12.9. The lowest BCUT2D eigenvalue weighted by atomic mass is 10.1. The van der Waals surface area contributed by atoms with Gasteiger partial charge in [-0.2, -0.15) is 0 Å². The molecule has 2 rings (SSSR count). The average Bonchev–Trinajstić information content (AvgIpc) is 2.97. The largest absolute Gasteiger partial charge is 0.481 e. The number of hydrogen-bond donors (Lipinski definition) is 1. The summed E-state index contributed by atoms with van der Waals surface area (Å²) in [7, 11) is 0. The van der Waals surface area contributed by atoms with Crippen LogP contribution in [-0.4, -0.2) is 76.2 Å². The molecule has 0 aromatic heterocycles. The molecule has 0 radical (unpaired) electrons. The molecule has 0 aromatic rings. The van der Waals surface area contributed by atoms with Crippen molar-refractivity contribution in [3.05, 3.63) is 0 Å². The van der Waals surface area contributed by atoms with Crippen molar-refractivity contribution in [3.8, 4) is 0 Å². The van der Waals surface area contributed by atoms with Gasteiger partial charge < -0.3 is 19.6 Å². The van der Waals surface area contributed by atoms with E-state index in [4.69, 9.17) is 9.84 Å². The predicted octanol–water partition coefficient (Wildman–Crippen LogP) is 0.390. The second-order valence-electron chi connectivity index (χ2n) is 5.52. The summed E-state index contributed by atoms with van der Waals surface area (Å²) in [5.74, 6) is -0.0757. The number of carboxylic acid groups (broad SMARTS) is 1. The number of carbonyl (C=O) groups excluding carboxylic acids is 2. The van der Waals surface area contributed by atoms with Crippen molar-refractivity contribution in [2.45, 2.75) is 38.3 Å². The predicted molar refractivity (Wildman–Crippen MR) is 81.4 cm³/mol. The molecule has 2 aliphatic rings. The summed E-state index contributed by atoms with van der Waals surface area (Å²) in [6.45, 7) is 2.81. The summed E-state index contributed by atoms with van der Waals surface area (Å²) in [4.78, 5) is 38.6. The normalized spacial score (nSPS) is 22.6. The van der Waals surface area contributed by atoms with E-state index in [1.165, 1.54) is 6.92 Å². The van der Waals surface area contributed by atoms with Crippen molar-refractivity contribution < 1.29 is 24.2 Å². The van der Waals surface area contributed by atoms with E-state index in [2.05, 4.69) is 0 Å². The third-order valence-electron chi connectivity index (χ3n) is 4.05. The summed E-state index contributed by atoms with van der Waals surface area (Å²) in [6, 6.07) is -0.473. The van der Waals surface area contributed by atoms with Gasteiger partial charge in [0.2, 0.25) is 11.8 Å². The number of carboxylic acids is 1. The maximum atomic E-state index is 12.9. The molecule has 2 heterocycles. The molecule has 2 fully saturated rings. The highest BCUT2D eigenvalue weighted by Gasteiger charge is 2.38. The van der Waals surface area contributed by atoms with Crippen LogP contribution in [0.2, 0.25) is 0 Å². The molecule has 0 saturated carbocycles. The molecule has 0 bridgehead atoms. The highest BCUT2D eigenvalue weighted by atomic mass is 32.2. The van der Waals surface area contributed by atoms with Crippen LogP contribution in [0.3, 0.4) is 0 Å². The Morgan fingerprint density at radius 3 is 2.59 bits per heavy atom. The van der Waals surface area contributed by atoms with Crippen molar-refractivity contribution in [3.63, 3.8) is 0 Å². The van der Waals surface area contributed by atoms with E-state index in [0.717, 1.165) is 0 Å². The van der Waals surface area contributed by atoms with Gasteiger partial charge in [-0.1, -0.05) is 0 Å². The molecular weight excluding hydrogens is 308 g/mol. The van der Waals surface area contributed by atoms with Crippen molar-refractivity contribution in [1.29, 1.82) is 0 Å². The quantitative estimate of drug-likeness (QED) is 0.785. The Morgan fingerprint density at radius 1 is 1.32 bits per heavy atom. The number of amides is 2. The summed E-state index contributed by atoms with van der Waals surface area (Å²) >= 11 is 1.55. The molecule has 1 atom stereocenters. The van der Waals surface area contributed by atoms with Gasteiger partial charge in [-0.3, -0.25) is 14.4 Å². The van der Waals surface area contributed by atoms with Gasteiger partial charge in [0.05, 0.1) is 12.3 Å². The Bertz CT molecular complexity index is 439. The van der Waals surface area contributed by atoms with Crippen LogP contribution in [0.4, 0.5) is 0 Å². The Balaban J connectivity index is 2.10. The molecule has 2 aliphatic heterocycles. The third kappa shape index (κ3) is 4.13. The Morgan fingerprint density at radius 2 is 2.00 bits per heavy atom. The first kappa shape index (κ1) is 17.1. The average molecular weight is 330 g/mol. The van der Waals surface area contributed by atoms with Gasteiger partial charge in [-0.15, -0.1) is 11.8 Å². The van der Waals surface area contributed by atoms with E-state index < -0.39 is 12.0 Å². The van der Waals surface area contributed by atoms with Gasteiger partial charge in [-0.05, 0) is 12.8 Å². The summed E-state index contributed by atoms with van der Waals surface area (Å²) < 4.78 is 5.32. The zero-order valence-electron chi connectivity index (χ0n) is 12.7. The topological polar surface area (TPSA) is 87.2 Å². The molecule has 124 valence electrons. The van der Waals surface area contributed by atoms with E-state index >= 15 is 0 Å². The van der Waals surface area contributed by atoms with E-state index in [-0.39, 0.29) is 30.8 Å². The zero-order valence-corrected chi connectivity index (χ0v) is 13.5. The molecule has 2 saturated heterocycles. The fraction of sp³-hybridized carbons (Fsp3) is 0.786. The summed E-state index contributed by atoms with van der Waals surface area (Å²) in [5, 5.41) is 8.92. The minimum absolute atomic E-state index is 0.00000756. The van der Waals surface area contributed by atoms with Crippen LogP contribution in [-0.2, 0) is 19.1 Å². The minimum atomic E-state index is -0.922. The highest BCUT2D eigenvalue weighted by molar-refractivity contribution is 7.99. The van der Waals surface area contributed by atoms with E-state index in [1.807, 2.05) is 0 Å². The fourth-order valence-electron chi connectivity index (χ4n) is 2.83. The highest BCUT2D eigenvalue weighted by Crippen LogP contribution is 2.25. The lowest BCUT2D eigenvalue weighted by Gasteiger charge is -2.37. The first-order chi connectivity index (χ1) is 10.5. The number of rotatable bonds is 5. The number of thioether (sulfide) groups is 1. The van der Waals surface area contributed by atoms with Crippen LogP contribution >= 0.6 is 11.8 Å². The lowest BCUT2D eigenvalue weighted by Crippen LogP contribution is -2.53. The first-order valence-corrected chi connectivity index (χ1v) is 8.61. The lowest BCUT2D eigenvalue weighted by molar-refractivity contribution is -0.147. The van der Waals surface area contributed by atoms with E-state index in [9.17, 15) is 14.4 Å². The molecule has 2 amide bonds. The van der Waals surface area contributed by atoms with Gasteiger partial charge in [0.1, 0.15) is 6.04 Å². The molecule has 0 unspecified atom stereocenters. The number of nitrogens with zero attached hydrogens (tertiary/aromatic N) is 2. The van der Waals surface area contributed by atoms with Gasteiger partial charge in [0.25, 0.3) is 0 Å². The smallest absolute Gasteiger partial charge is 0.305 e. The van der Waals surface area contributed by atoms with Gasteiger partial charge in [-0.25, -0.2) is 0 Å². The first-order valence-electron chi connectivity index (χ1n) is 7.45. The number of ether oxygens (including phenoxy) is 1. The molecule has 1 N–H and O–H groups in total. The van der Waals surface area contributed by atoms with Crippen molar-refractivity contribution >= 4 is 29.5 Å². The fourth-order valence-corrected chi connectivity index (χ4v) is 4.04. The van der Waals surface area contributed by atoms with Gasteiger partial charge >= 0.3 is 5.97 Å². The molecular formula is C14H22N2O5S. The van der Waals surface area contributed by atoms with Crippen LogP contribution in [0.15, 0.2) is 0 Å². The molecule has 7 nitrogen and oxygen atoms in total. The van der Waals surface area contributed by atoms with E-state index in [1.54, 1.807) is 21.6 Å². The van der Waals surface area contributed by atoms with Crippen LogP contribution in [0, 0.1) is 0 Å². The summed E-state index contributed by atoms with van der Waals surface area (Å²) in [5.41, 5.74) is 0. The Hall–Kier alpha value is -1.28. The van der Waals surface area contributed by atoms with Crippen LogP contribution < -0.4 is 0 Å². The third-order valence-corrected chi connectivity index (χ3v) is 5.07. The van der Waals surface area contributed by atoms with Gasteiger partial charge in [0, 0.05) is 38.5 Å². The van der Waals surface area contributed by atoms with Crippen molar-refractivity contribution in [1.82, 2.24) is 9.80 Å². The summed E-state index contributed by atoms with van der Waals surface area (Å²) in [6.07, 6.45) is 1.35. The Kier molecular flexibility index (Phi) is 6.07. The van der Waals surface area contributed by atoms with Crippen molar-refractivity contribution in [2.24, 2.45) is 0 Å². The van der Waals surface area contributed by atoms with Gasteiger partial charge in [0.15, 0.2) is 0 Å². The number of carbonyl (C=O) groups is 3. The number of aliphatic carboxylic acids is 1. The van der Waals surface area contributed by atoms with E-state index in [0.29, 0.717) is 37.7 Å². The number of hydrogen-bond acceptors (Lipinski definition) is 5. The minimum Gasteiger partial charge on any atom is -0.481 e. The Labute approximate surface area is 134 Å². The molecule has 0 spiro atoms. The molecule has 0 aliphatic carbocycles. The second kappa shape index (κ2) is 7.82. The SMILES string of the molecule is CC(=O)N1CSC[C@@H]1C(=O)N(CCC(=O)O)C1CCOCC1. The van der Waals surface area contributed by atoms with Crippen LogP contribution in [0.25, 0.3) is 0 Å². The molecule has 8 heteroatoms. The molecule has 22 heavy (non-hydrogen) atoms. The molecule has 0 aromatic carbocycles. The van der Waals surface area contributed by atoms with Crippen molar-refractivity contribution in [2.75, 3.05) is 31.4 Å². The standard InChI is InChI=1S/C14H22N2O5S/c1-10(17)16-9-22-8-12(16)14(20)15(5-2-13(18)19)11-3-6-21-7-4-11/h11-12H,2-9H2,1H3,(H,18,19)/t12-/m1/s1. The van der Waals surface area contributed by atoms with Crippen LogP contribution in [0.1, 0.15) is 26.2 Å². The van der Waals surface area contributed by atoms with Crippen LogP contribution in [0.5, 0.6) is 0 Å². The monoisotopic (exact) mass is 330 g/mol. The second-order valence-corrected chi connectivity index (χ2v) is 6.52. The zero-order chi connectivity index (χ0) is 16.1. The maximum Gasteiger partial charge on any atom is 0.305 e.